The average molecular weight is 451 g/mol. The molecule has 1 N–H and O–H groups in total. The summed E-state index contributed by atoms with van der Waals surface area (Å²) >= 11 is 1.69. The van der Waals surface area contributed by atoms with Gasteiger partial charge in [0.15, 0.2) is 0 Å². The van der Waals surface area contributed by atoms with Crippen LogP contribution in [0.2, 0.25) is 0 Å². The molecule has 1 aliphatic rings. The standard InChI is InChI=1S/C21H22N8O2S/c1-2-14-11-15-20(22-13-23-21(15)32-14)28-9-7-27(8-10-28)19(31)12-18(30)25-29-17-6-4-3-5-16(17)24-26-29/h3-6,11,13H,2,7-10,12H2,1H3,(H,25,30). The topological polar surface area (TPSA) is 109 Å². The molecule has 1 aliphatic heterocycles. The van der Waals surface area contributed by atoms with Gasteiger partial charge in [-0.05, 0) is 29.8 Å². The van der Waals surface area contributed by atoms with Crippen molar-refractivity contribution in [2.45, 2.75) is 19.8 Å². The van der Waals surface area contributed by atoms with Gasteiger partial charge in [0.25, 0.3) is 0 Å². The van der Waals surface area contributed by atoms with Gasteiger partial charge in [0, 0.05) is 31.1 Å². The number of nitrogens with zero attached hydrogens (tertiary/aromatic N) is 7. The highest BCUT2D eigenvalue weighted by Crippen LogP contribution is 2.31. The molecular weight excluding hydrogens is 428 g/mol. The van der Waals surface area contributed by atoms with Gasteiger partial charge in [-0.2, -0.15) is 4.79 Å². The molecule has 0 unspecified atom stereocenters. The summed E-state index contributed by atoms with van der Waals surface area (Å²) in [6.45, 7) is 4.52. The van der Waals surface area contributed by atoms with Crippen LogP contribution in [0.4, 0.5) is 5.82 Å². The number of fused-ring (bicyclic) bond motifs is 2. The number of piperazine rings is 1. The van der Waals surface area contributed by atoms with E-state index in [0.717, 1.165) is 22.5 Å². The lowest BCUT2D eigenvalue weighted by molar-refractivity contribution is -0.135. The highest BCUT2D eigenvalue weighted by molar-refractivity contribution is 7.18. The summed E-state index contributed by atoms with van der Waals surface area (Å²) in [6.07, 6.45) is 2.33. The molecule has 0 spiro atoms. The maximum Gasteiger partial charge on any atom is 0.249 e. The van der Waals surface area contributed by atoms with Crippen LogP contribution < -0.4 is 10.3 Å². The fourth-order valence-electron chi connectivity index (χ4n) is 3.85. The summed E-state index contributed by atoms with van der Waals surface area (Å²) in [4.78, 5) is 41.4. The number of aromatic nitrogens is 5. The molecule has 0 bridgehead atoms. The molecule has 1 saturated heterocycles. The number of thiophene rings is 1. The molecule has 1 fully saturated rings. The highest BCUT2D eigenvalue weighted by Gasteiger charge is 2.25. The zero-order chi connectivity index (χ0) is 22.1. The van der Waals surface area contributed by atoms with Crippen molar-refractivity contribution in [3.05, 3.63) is 41.5 Å². The first-order chi connectivity index (χ1) is 15.6. The predicted molar refractivity (Wildman–Crippen MR) is 122 cm³/mol. The van der Waals surface area contributed by atoms with Gasteiger partial charge >= 0.3 is 0 Å². The minimum atomic E-state index is -0.420. The van der Waals surface area contributed by atoms with Gasteiger partial charge in [0.05, 0.1) is 5.39 Å². The van der Waals surface area contributed by atoms with Crippen molar-refractivity contribution in [3.8, 4) is 0 Å². The summed E-state index contributed by atoms with van der Waals surface area (Å²) in [6, 6.07) is 9.45. The van der Waals surface area contributed by atoms with Crippen LogP contribution in [0.25, 0.3) is 21.3 Å². The number of aryl methyl sites for hydroxylation is 1. The Bertz CT molecular complexity index is 1290. The van der Waals surface area contributed by atoms with Crippen LogP contribution in [0.1, 0.15) is 18.2 Å². The van der Waals surface area contributed by atoms with Gasteiger partial charge in [-0.15, -0.1) is 16.4 Å². The molecule has 32 heavy (non-hydrogen) atoms. The zero-order valence-electron chi connectivity index (χ0n) is 17.6. The van der Waals surface area contributed by atoms with E-state index in [1.165, 1.54) is 9.67 Å². The van der Waals surface area contributed by atoms with E-state index in [9.17, 15) is 9.59 Å². The quantitative estimate of drug-likeness (QED) is 0.462. The van der Waals surface area contributed by atoms with E-state index in [0.29, 0.717) is 37.2 Å². The SMILES string of the molecule is CCc1cc2c(N3CCN(C(=O)CC(=O)Nn4nnc5ccccc54)CC3)ncnc2s1. The van der Waals surface area contributed by atoms with Gasteiger partial charge in [0.2, 0.25) is 11.8 Å². The maximum atomic E-state index is 12.7. The van der Waals surface area contributed by atoms with E-state index in [4.69, 9.17) is 0 Å². The number of hydrogen-bond donors (Lipinski definition) is 1. The van der Waals surface area contributed by atoms with Crippen LogP contribution in [0.15, 0.2) is 36.7 Å². The van der Waals surface area contributed by atoms with Gasteiger partial charge in [-0.3, -0.25) is 9.59 Å². The summed E-state index contributed by atoms with van der Waals surface area (Å²) in [5.74, 6) is 0.285. The molecule has 10 nitrogen and oxygen atoms in total. The Morgan fingerprint density at radius 1 is 1.12 bits per heavy atom. The Balaban J connectivity index is 1.19. The monoisotopic (exact) mass is 450 g/mol. The Morgan fingerprint density at radius 2 is 1.94 bits per heavy atom. The molecule has 4 aromatic rings. The normalized spacial score (nSPS) is 14.3. The summed E-state index contributed by atoms with van der Waals surface area (Å²) in [5, 5.41) is 8.98. The summed E-state index contributed by atoms with van der Waals surface area (Å²) < 4.78 is 0. The zero-order valence-corrected chi connectivity index (χ0v) is 18.4. The summed E-state index contributed by atoms with van der Waals surface area (Å²) in [5.41, 5.74) is 3.98. The number of carbonyl (C=O) groups is 2. The van der Waals surface area contributed by atoms with Crippen molar-refractivity contribution in [1.82, 2.24) is 30.0 Å². The second kappa shape index (κ2) is 8.50. The van der Waals surface area contributed by atoms with Crippen molar-refractivity contribution in [2.75, 3.05) is 36.5 Å². The smallest absolute Gasteiger partial charge is 0.249 e. The van der Waals surface area contributed by atoms with Crippen molar-refractivity contribution in [3.63, 3.8) is 0 Å². The van der Waals surface area contributed by atoms with Gasteiger partial charge < -0.3 is 9.80 Å². The molecule has 4 heterocycles. The first kappa shape index (κ1) is 20.3. The first-order valence-electron chi connectivity index (χ1n) is 10.5. The number of para-hydroxylation sites is 1. The second-order valence-electron chi connectivity index (χ2n) is 7.55. The molecular formula is C21H22N8O2S. The minimum absolute atomic E-state index is 0.205. The van der Waals surface area contributed by atoms with Crippen LogP contribution in [0, 0.1) is 0 Å². The van der Waals surface area contributed by atoms with E-state index < -0.39 is 5.91 Å². The van der Waals surface area contributed by atoms with E-state index in [1.807, 2.05) is 12.1 Å². The fourth-order valence-corrected chi connectivity index (χ4v) is 4.77. The van der Waals surface area contributed by atoms with Crippen LogP contribution in [-0.4, -0.2) is 68.0 Å². The number of anilines is 1. The molecule has 164 valence electrons. The summed E-state index contributed by atoms with van der Waals surface area (Å²) in [7, 11) is 0. The van der Waals surface area contributed by atoms with Gasteiger partial charge in [-0.25, -0.2) is 15.4 Å². The molecule has 1 aromatic carbocycles. The number of hydrogen-bond acceptors (Lipinski definition) is 8. The number of rotatable bonds is 5. The molecule has 2 amide bonds. The third-order valence-electron chi connectivity index (χ3n) is 5.53. The highest BCUT2D eigenvalue weighted by atomic mass is 32.1. The average Bonchev–Trinajstić information content (AvgIpc) is 3.43. The molecule has 3 aromatic heterocycles. The fraction of sp³-hybridized carbons (Fsp3) is 0.333. The van der Waals surface area contributed by atoms with Crippen molar-refractivity contribution >= 4 is 50.2 Å². The Kier molecular flexibility index (Phi) is 5.39. The number of nitrogens with one attached hydrogen (secondary N) is 1. The van der Waals surface area contributed by atoms with Crippen molar-refractivity contribution in [2.24, 2.45) is 0 Å². The minimum Gasteiger partial charge on any atom is -0.352 e. The van der Waals surface area contributed by atoms with Crippen molar-refractivity contribution < 1.29 is 9.59 Å². The Hall–Kier alpha value is -3.60. The van der Waals surface area contributed by atoms with Crippen LogP contribution in [0.5, 0.6) is 0 Å². The Labute approximate surface area is 187 Å². The van der Waals surface area contributed by atoms with Gasteiger partial charge in [-0.1, -0.05) is 19.1 Å². The molecule has 11 heteroatoms. The van der Waals surface area contributed by atoms with E-state index in [1.54, 1.807) is 34.7 Å². The van der Waals surface area contributed by atoms with Crippen LogP contribution in [0.3, 0.4) is 0 Å². The lowest BCUT2D eigenvalue weighted by Crippen LogP contribution is -2.49. The lowest BCUT2D eigenvalue weighted by Gasteiger charge is -2.35. The van der Waals surface area contributed by atoms with E-state index in [2.05, 4.69) is 43.6 Å². The van der Waals surface area contributed by atoms with E-state index >= 15 is 0 Å². The molecule has 0 atom stereocenters. The molecule has 5 rings (SSSR count). The number of benzene rings is 1. The predicted octanol–water partition coefficient (Wildman–Crippen LogP) is 1.81. The largest absolute Gasteiger partial charge is 0.352 e. The van der Waals surface area contributed by atoms with Crippen molar-refractivity contribution in [1.29, 1.82) is 0 Å². The third-order valence-corrected chi connectivity index (χ3v) is 6.72. The maximum absolute atomic E-state index is 12.7. The first-order valence-corrected chi connectivity index (χ1v) is 11.3. The Morgan fingerprint density at radius 3 is 2.75 bits per heavy atom. The molecule has 0 aliphatic carbocycles. The number of carbonyl (C=O) groups excluding carboxylic acids is 2. The number of amides is 2. The van der Waals surface area contributed by atoms with Gasteiger partial charge in [0.1, 0.15) is 34.4 Å². The molecule has 0 radical (unpaired) electrons. The second-order valence-corrected chi connectivity index (χ2v) is 8.67. The lowest BCUT2D eigenvalue weighted by atomic mass is 10.2. The molecule has 0 saturated carbocycles. The van der Waals surface area contributed by atoms with Crippen LogP contribution in [-0.2, 0) is 16.0 Å². The van der Waals surface area contributed by atoms with Crippen LogP contribution >= 0.6 is 11.3 Å². The van der Waals surface area contributed by atoms with E-state index in [-0.39, 0.29) is 12.3 Å². The third kappa shape index (κ3) is 3.86.